The van der Waals surface area contributed by atoms with E-state index >= 15 is 0 Å². The van der Waals surface area contributed by atoms with Crippen molar-refractivity contribution in [1.29, 1.82) is 0 Å². The van der Waals surface area contributed by atoms with Crippen molar-refractivity contribution in [2.75, 3.05) is 27.2 Å². The van der Waals surface area contributed by atoms with E-state index in [1.165, 1.54) is 25.7 Å². The van der Waals surface area contributed by atoms with E-state index in [-0.39, 0.29) is 11.4 Å². The standard InChI is InChI=1S/C16H27NO2/c1-17(2)5-6-19-15(18)16-4-3-12-7-13(10-16)9-14(8-12)11-16/h12-14H,3-11H2,1-2H3. The Morgan fingerprint density at radius 2 is 1.79 bits per heavy atom. The molecule has 4 fully saturated rings. The first-order chi connectivity index (χ1) is 9.07. The second-order valence-corrected chi connectivity index (χ2v) is 7.47. The molecule has 0 aromatic rings. The van der Waals surface area contributed by atoms with Crippen molar-refractivity contribution in [2.24, 2.45) is 23.2 Å². The van der Waals surface area contributed by atoms with Gasteiger partial charge in [-0.25, -0.2) is 0 Å². The van der Waals surface area contributed by atoms with Crippen LogP contribution in [0.1, 0.15) is 44.9 Å². The highest BCUT2D eigenvalue weighted by Crippen LogP contribution is 2.57. The fourth-order valence-electron chi connectivity index (χ4n) is 4.89. The number of nitrogens with zero attached hydrogens (tertiary/aromatic N) is 1. The van der Waals surface area contributed by atoms with Crippen molar-refractivity contribution >= 4 is 5.97 Å². The molecule has 4 bridgehead atoms. The topological polar surface area (TPSA) is 29.5 Å². The van der Waals surface area contributed by atoms with Gasteiger partial charge in [-0.2, -0.15) is 0 Å². The predicted molar refractivity (Wildman–Crippen MR) is 74.7 cm³/mol. The SMILES string of the molecule is CN(C)CCOC(=O)C12CCC3CC(CC(C3)C1)C2. The maximum Gasteiger partial charge on any atom is 0.312 e. The van der Waals surface area contributed by atoms with Crippen LogP contribution in [0.2, 0.25) is 0 Å². The zero-order chi connectivity index (χ0) is 13.5. The molecule has 0 heterocycles. The summed E-state index contributed by atoms with van der Waals surface area (Å²) in [6.07, 6.45) is 8.71. The third kappa shape index (κ3) is 2.67. The van der Waals surface area contributed by atoms with E-state index in [1.54, 1.807) is 0 Å². The van der Waals surface area contributed by atoms with Crippen LogP contribution in [0.3, 0.4) is 0 Å². The molecule has 4 aliphatic carbocycles. The molecule has 2 unspecified atom stereocenters. The summed E-state index contributed by atoms with van der Waals surface area (Å²) in [7, 11) is 4.03. The van der Waals surface area contributed by atoms with E-state index in [0.717, 1.165) is 43.6 Å². The minimum Gasteiger partial charge on any atom is -0.464 e. The number of hydrogen-bond acceptors (Lipinski definition) is 3. The van der Waals surface area contributed by atoms with Crippen LogP contribution in [0.15, 0.2) is 0 Å². The maximum absolute atomic E-state index is 12.6. The van der Waals surface area contributed by atoms with Crippen LogP contribution in [-0.4, -0.2) is 38.1 Å². The summed E-state index contributed by atoms with van der Waals surface area (Å²) in [6.45, 7) is 1.38. The molecule has 0 aromatic carbocycles. The summed E-state index contributed by atoms with van der Waals surface area (Å²) in [5, 5.41) is 0. The number of hydrogen-bond donors (Lipinski definition) is 0. The molecule has 108 valence electrons. The molecule has 0 N–H and O–H groups in total. The highest BCUT2D eigenvalue weighted by molar-refractivity contribution is 5.77. The Morgan fingerprint density at radius 3 is 2.42 bits per heavy atom. The third-order valence-electron chi connectivity index (χ3n) is 5.59. The monoisotopic (exact) mass is 265 g/mol. The van der Waals surface area contributed by atoms with E-state index in [0.29, 0.717) is 6.61 Å². The van der Waals surface area contributed by atoms with Gasteiger partial charge in [-0.05, 0) is 76.8 Å². The van der Waals surface area contributed by atoms with Crippen molar-refractivity contribution in [1.82, 2.24) is 4.90 Å². The second-order valence-electron chi connectivity index (χ2n) is 7.47. The van der Waals surface area contributed by atoms with Gasteiger partial charge in [0.25, 0.3) is 0 Å². The first-order valence-corrected chi connectivity index (χ1v) is 7.89. The van der Waals surface area contributed by atoms with E-state index in [9.17, 15) is 4.79 Å². The molecule has 0 amide bonds. The lowest BCUT2D eigenvalue weighted by Crippen LogP contribution is -2.41. The fourth-order valence-corrected chi connectivity index (χ4v) is 4.89. The van der Waals surface area contributed by atoms with Crippen LogP contribution in [0.5, 0.6) is 0 Å². The quantitative estimate of drug-likeness (QED) is 0.732. The van der Waals surface area contributed by atoms with E-state index in [2.05, 4.69) is 4.90 Å². The van der Waals surface area contributed by atoms with Gasteiger partial charge in [0.1, 0.15) is 6.61 Å². The lowest BCUT2D eigenvalue weighted by atomic mass is 9.61. The molecule has 4 rings (SSSR count). The van der Waals surface area contributed by atoms with Crippen LogP contribution in [0, 0.1) is 23.2 Å². The third-order valence-corrected chi connectivity index (χ3v) is 5.59. The number of fused-ring (bicyclic) bond motifs is 1. The zero-order valence-electron chi connectivity index (χ0n) is 12.4. The Labute approximate surface area is 116 Å². The highest BCUT2D eigenvalue weighted by atomic mass is 16.5. The van der Waals surface area contributed by atoms with Crippen molar-refractivity contribution in [3.05, 3.63) is 0 Å². The first-order valence-electron chi connectivity index (χ1n) is 7.89. The molecule has 2 atom stereocenters. The lowest BCUT2D eigenvalue weighted by Gasteiger charge is -2.43. The minimum atomic E-state index is -0.106. The van der Waals surface area contributed by atoms with Crippen LogP contribution in [0.4, 0.5) is 0 Å². The number of carbonyl (C=O) groups is 1. The van der Waals surface area contributed by atoms with Crippen LogP contribution in [-0.2, 0) is 9.53 Å². The van der Waals surface area contributed by atoms with Crippen LogP contribution in [0.25, 0.3) is 0 Å². The maximum atomic E-state index is 12.6. The van der Waals surface area contributed by atoms with Crippen molar-refractivity contribution in [3.8, 4) is 0 Å². The summed E-state index contributed by atoms with van der Waals surface area (Å²) < 4.78 is 5.61. The smallest absolute Gasteiger partial charge is 0.312 e. The van der Waals surface area contributed by atoms with E-state index in [4.69, 9.17) is 4.74 Å². The molecule has 0 spiro atoms. The van der Waals surface area contributed by atoms with Crippen LogP contribution >= 0.6 is 0 Å². The Morgan fingerprint density at radius 1 is 1.16 bits per heavy atom. The molecule has 3 nitrogen and oxygen atoms in total. The summed E-state index contributed by atoms with van der Waals surface area (Å²) >= 11 is 0. The number of carbonyl (C=O) groups excluding carboxylic acids is 1. The first kappa shape index (κ1) is 13.4. The number of esters is 1. The molecule has 19 heavy (non-hydrogen) atoms. The number of ether oxygens (including phenoxy) is 1. The van der Waals surface area contributed by atoms with Crippen LogP contribution < -0.4 is 0 Å². The summed E-state index contributed by atoms with van der Waals surface area (Å²) in [5.41, 5.74) is -0.106. The molecule has 4 aliphatic rings. The van der Waals surface area contributed by atoms with Gasteiger partial charge in [0, 0.05) is 6.54 Å². The Bertz CT molecular complexity index is 339. The number of rotatable bonds is 4. The van der Waals surface area contributed by atoms with Gasteiger partial charge < -0.3 is 9.64 Å². The summed E-state index contributed by atoms with van der Waals surface area (Å²) in [6, 6.07) is 0. The Balaban J connectivity index is 1.66. The van der Waals surface area contributed by atoms with E-state index in [1.807, 2.05) is 14.1 Å². The Hall–Kier alpha value is -0.570. The highest BCUT2D eigenvalue weighted by Gasteiger charge is 2.52. The second kappa shape index (κ2) is 5.08. The molecule has 3 heteroatoms. The molecule has 0 radical (unpaired) electrons. The minimum absolute atomic E-state index is 0.106. The molecular weight excluding hydrogens is 238 g/mol. The van der Waals surface area contributed by atoms with Gasteiger partial charge in [-0.3, -0.25) is 4.79 Å². The largest absolute Gasteiger partial charge is 0.464 e. The predicted octanol–water partition coefficient (Wildman–Crippen LogP) is 2.70. The molecule has 4 saturated carbocycles. The molecular formula is C16H27NO2. The average Bonchev–Trinajstić information content (AvgIpc) is 2.54. The van der Waals surface area contributed by atoms with Crippen molar-refractivity contribution < 1.29 is 9.53 Å². The van der Waals surface area contributed by atoms with Crippen molar-refractivity contribution in [3.63, 3.8) is 0 Å². The van der Waals surface area contributed by atoms with Crippen molar-refractivity contribution in [2.45, 2.75) is 44.9 Å². The Kier molecular flexibility index (Phi) is 3.59. The normalized spacial score (nSPS) is 40.5. The summed E-state index contributed by atoms with van der Waals surface area (Å²) in [5.74, 6) is 2.64. The lowest BCUT2D eigenvalue weighted by molar-refractivity contribution is -0.161. The van der Waals surface area contributed by atoms with Gasteiger partial charge in [0.15, 0.2) is 0 Å². The number of likely N-dealkylation sites (N-methyl/N-ethyl adjacent to an activating group) is 1. The van der Waals surface area contributed by atoms with Gasteiger partial charge in [0.2, 0.25) is 0 Å². The molecule has 0 aromatic heterocycles. The average molecular weight is 265 g/mol. The van der Waals surface area contributed by atoms with Gasteiger partial charge >= 0.3 is 5.97 Å². The van der Waals surface area contributed by atoms with Gasteiger partial charge in [-0.1, -0.05) is 0 Å². The summed E-state index contributed by atoms with van der Waals surface area (Å²) in [4.78, 5) is 14.7. The van der Waals surface area contributed by atoms with E-state index < -0.39 is 0 Å². The van der Waals surface area contributed by atoms with Gasteiger partial charge in [-0.15, -0.1) is 0 Å². The van der Waals surface area contributed by atoms with Gasteiger partial charge in [0.05, 0.1) is 5.41 Å². The fraction of sp³-hybridized carbons (Fsp3) is 0.938. The zero-order valence-corrected chi connectivity index (χ0v) is 12.4. The molecule has 0 saturated heterocycles. The molecule has 0 aliphatic heterocycles.